The average molecular weight is 376 g/mol. The van der Waals surface area contributed by atoms with Gasteiger partial charge in [0.1, 0.15) is 6.04 Å². The highest BCUT2D eigenvalue weighted by Crippen LogP contribution is 2.31. The first-order valence-electron chi connectivity index (χ1n) is 9.80. The van der Waals surface area contributed by atoms with Crippen molar-refractivity contribution < 1.29 is 9.32 Å². The van der Waals surface area contributed by atoms with Gasteiger partial charge in [-0.3, -0.25) is 0 Å². The van der Waals surface area contributed by atoms with E-state index < -0.39 is 0 Å². The maximum atomic E-state index is 12.9. The number of amides is 2. The van der Waals surface area contributed by atoms with Gasteiger partial charge in [0.2, 0.25) is 11.7 Å². The number of benzene rings is 2. The average Bonchev–Trinajstić information content (AvgIpc) is 3.25. The molecule has 4 rings (SSSR count). The molecule has 0 spiro atoms. The summed E-state index contributed by atoms with van der Waals surface area (Å²) in [5.41, 5.74) is 2.94. The van der Waals surface area contributed by atoms with Gasteiger partial charge in [0, 0.05) is 17.8 Å². The van der Waals surface area contributed by atoms with Gasteiger partial charge in [0.05, 0.1) is 0 Å². The number of aryl methyl sites for hydroxylation is 1. The summed E-state index contributed by atoms with van der Waals surface area (Å²) < 4.78 is 5.54. The SMILES string of the molecule is CCc1ccc(NC(=O)N2CCCCC2c2nc(-c3ccccc3)no2)cc1. The zero-order chi connectivity index (χ0) is 19.3. The van der Waals surface area contributed by atoms with E-state index in [1.165, 1.54) is 5.56 Å². The van der Waals surface area contributed by atoms with E-state index in [9.17, 15) is 4.79 Å². The summed E-state index contributed by atoms with van der Waals surface area (Å²) in [5.74, 6) is 1.05. The molecule has 1 atom stereocenters. The second-order valence-corrected chi connectivity index (χ2v) is 7.01. The molecule has 2 heterocycles. The van der Waals surface area contributed by atoms with Gasteiger partial charge in [-0.1, -0.05) is 54.5 Å². The summed E-state index contributed by atoms with van der Waals surface area (Å²) in [7, 11) is 0. The first-order valence-corrected chi connectivity index (χ1v) is 9.80. The highest BCUT2D eigenvalue weighted by atomic mass is 16.5. The predicted octanol–water partition coefficient (Wildman–Crippen LogP) is 5.06. The topological polar surface area (TPSA) is 71.3 Å². The second-order valence-electron chi connectivity index (χ2n) is 7.01. The summed E-state index contributed by atoms with van der Waals surface area (Å²) in [6.45, 7) is 2.78. The molecule has 0 saturated carbocycles. The number of urea groups is 1. The maximum Gasteiger partial charge on any atom is 0.322 e. The number of aromatic nitrogens is 2. The van der Waals surface area contributed by atoms with E-state index in [1.54, 1.807) is 4.90 Å². The van der Waals surface area contributed by atoms with Gasteiger partial charge < -0.3 is 14.7 Å². The largest absolute Gasteiger partial charge is 0.337 e. The Bertz CT molecular complexity index is 921. The highest BCUT2D eigenvalue weighted by Gasteiger charge is 2.32. The van der Waals surface area contributed by atoms with Crippen LogP contribution in [0.15, 0.2) is 59.1 Å². The number of nitrogens with zero attached hydrogens (tertiary/aromatic N) is 3. The van der Waals surface area contributed by atoms with Gasteiger partial charge in [-0.25, -0.2) is 4.79 Å². The van der Waals surface area contributed by atoms with Gasteiger partial charge in [-0.05, 0) is 43.4 Å². The summed E-state index contributed by atoms with van der Waals surface area (Å²) in [5, 5.41) is 7.11. The number of piperidine rings is 1. The quantitative estimate of drug-likeness (QED) is 0.691. The van der Waals surface area contributed by atoms with Gasteiger partial charge in [-0.2, -0.15) is 4.98 Å². The standard InChI is InChI=1S/C22H24N4O2/c1-2-16-11-13-18(14-12-16)23-22(27)26-15-7-6-10-19(26)21-24-20(25-28-21)17-8-4-3-5-9-17/h3-5,8-9,11-14,19H,2,6-7,10,15H2,1H3,(H,23,27). The third kappa shape index (κ3) is 3.91. The lowest BCUT2D eigenvalue weighted by molar-refractivity contribution is 0.142. The Hall–Kier alpha value is -3.15. The minimum atomic E-state index is -0.200. The Balaban J connectivity index is 1.51. The van der Waals surface area contributed by atoms with Crippen LogP contribution in [0.5, 0.6) is 0 Å². The lowest BCUT2D eigenvalue weighted by Gasteiger charge is -2.33. The van der Waals surface area contributed by atoms with Crippen molar-refractivity contribution in [1.29, 1.82) is 0 Å². The number of carbonyl (C=O) groups excluding carboxylic acids is 1. The van der Waals surface area contributed by atoms with Crippen LogP contribution >= 0.6 is 0 Å². The lowest BCUT2D eigenvalue weighted by atomic mass is 10.0. The molecule has 1 aliphatic heterocycles. The Morgan fingerprint density at radius 3 is 2.68 bits per heavy atom. The molecular formula is C22H24N4O2. The van der Waals surface area contributed by atoms with Crippen molar-refractivity contribution in [2.45, 2.75) is 38.6 Å². The number of rotatable bonds is 4. The van der Waals surface area contributed by atoms with Crippen LogP contribution in [0, 0.1) is 0 Å². The fourth-order valence-corrected chi connectivity index (χ4v) is 3.53. The third-order valence-electron chi connectivity index (χ3n) is 5.14. The molecule has 1 aliphatic rings. The van der Waals surface area contributed by atoms with Crippen molar-refractivity contribution in [3.05, 3.63) is 66.1 Å². The molecule has 6 nitrogen and oxygen atoms in total. The molecule has 1 fully saturated rings. The number of anilines is 1. The Morgan fingerprint density at radius 2 is 1.93 bits per heavy atom. The molecule has 0 aliphatic carbocycles. The van der Waals surface area contributed by atoms with Crippen LogP contribution in [0.4, 0.5) is 10.5 Å². The first kappa shape index (κ1) is 18.2. The van der Waals surface area contributed by atoms with E-state index in [2.05, 4.69) is 22.4 Å². The monoisotopic (exact) mass is 376 g/mol. The zero-order valence-electron chi connectivity index (χ0n) is 16.0. The normalized spacial score (nSPS) is 16.8. The minimum Gasteiger partial charge on any atom is -0.337 e. The molecule has 144 valence electrons. The van der Waals surface area contributed by atoms with Gasteiger partial charge in [0.15, 0.2) is 0 Å². The van der Waals surface area contributed by atoms with Gasteiger partial charge in [0.25, 0.3) is 0 Å². The van der Waals surface area contributed by atoms with Crippen molar-refractivity contribution in [2.24, 2.45) is 0 Å². The smallest absolute Gasteiger partial charge is 0.322 e. The number of nitrogens with one attached hydrogen (secondary N) is 1. The van der Waals surface area contributed by atoms with Gasteiger partial charge in [-0.15, -0.1) is 0 Å². The van der Waals surface area contributed by atoms with E-state index in [-0.39, 0.29) is 12.1 Å². The van der Waals surface area contributed by atoms with Crippen LogP contribution in [-0.2, 0) is 6.42 Å². The molecule has 1 unspecified atom stereocenters. The fourth-order valence-electron chi connectivity index (χ4n) is 3.53. The fraction of sp³-hybridized carbons (Fsp3) is 0.318. The highest BCUT2D eigenvalue weighted by molar-refractivity contribution is 5.89. The van der Waals surface area contributed by atoms with E-state index in [1.807, 2.05) is 54.6 Å². The first-order chi connectivity index (χ1) is 13.7. The zero-order valence-corrected chi connectivity index (χ0v) is 16.0. The molecule has 0 radical (unpaired) electrons. The van der Waals surface area contributed by atoms with Crippen LogP contribution in [0.25, 0.3) is 11.4 Å². The molecule has 3 aromatic rings. The summed E-state index contributed by atoms with van der Waals surface area (Å²) in [6.07, 6.45) is 3.79. The van der Waals surface area contributed by atoms with Crippen LogP contribution in [0.2, 0.25) is 0 Å². The van der Waals surface area contributed by atoms with Gasteiger partial charge >= 0.3 is 6.03 Å². The number of likely N-dealkylation sites (tertiary alicyclic amines) is 1. The molecule has 28 heavy (non-hydrogen) atoms. The molecule has 6 heteroatoms. The number of hydrogen-bond donors (Lipinski definition) is 1. The van der Waals surface area contributed by atoms with Crippen molar-refractivity contribution in [3.8, 4) is 11.4 Å². The molecular weight excluding hydrogens is 352 g/mol. The Labute approximate surface area is 164 Å². The van der Waals surface area contributed by atoms with E-state index in [0.29, 0.717) is 18.3 Å². The van der Waals surface area contributed by atoms with Crippen LogP contribution in [0.3, 0.4) is 0 Å². The van der Waals surface area contributed by atoms with E-state index in [4.69, 9.17) is 4.52 Å². The molecule has 2 amide bonds. The second kappa shape index (κ2) is 8.25. The minimum absolute atomic E-state index is 0.131. The molecule has 1 aromatic heterocycles. The van der Waals surface area contributed by atoms with Crippen molar-refractivity contribution in [1.82, 2.24) is 15.0 Å². The van der Waals surface area contributed by atoms with Crippen LogP contribution < -0.4 is 5.32 Å². The van der Waals surface area contributed by atoms with Crippen LogP contribution in [0.1, 0.15) is 43.7 Å². The molecule has 2 aromatic carbocycles. The summed E-state index contributed by atoms with van der Waals surface area (Å²) in [4.78, 5) is 19.3. The third-order valence-corrected chi connectivity index (χ3v) is 5.14. The summed E-state index contributed by atoms with van der Waals surface area (Å²) in [6, 6.07) is 17.3. The van der Waals surface area contributed by atoms with Crippen LogP contribution in [-0.4, -0.2) is 27.6 Å². The predicted molar refractivity (Wildman–Crippen MR) is 108 cm³/mol. The van der Waals surface area contributed by atoms with E-state index in [0.717, 1.165) is 36.9 Å². The van der Waals surface area contributed by atoms with Crippen molar-refractivity contribution in [3.63, 3.8) is 0 Å². The van der Waals surface area contributed by atoms with Crippen molar-refractivity contribution in [2.75, 3.05) is 11.9 Å². The summed E-state index contributed by atoms with van der Waals surface area (Å²) >= 11 is 0. The molecule has 1 saturated heterocycles. The van der Waals surface area contributed by atoms with Crippen molar-refractivity contribution >= 4 is 11.7 Å². The molecule has 1 N–H and O–H groups in total. The van der Waals surface area contributed by atoms with E-state index >= 15 is 0 Å². The Morgan fingerprint density at radius 1 is 1.14 bits per heavy atom. The maximum absolute atomic E-state index is 12.9. The number of carbonyl (C=O) groups is 1. The number of hydrogen-bond acceptors (Lipinski definition) is 4. The molecule has 0 bridgehead atoms. The Kier molecular flexibility index (Phi) is 5.37. The lowest BCUT2D eigenvalue weighted by Crippen LogP contribution is -2.41.